The normalized spacial score (nSPS) is 11.1. The summed E-state index contributed by atoms with van der Waals surface area (Å²) in [5.74, 6) is 0.0592. The molecule has 3 rings (SSSR count). The van der Waals surface area contributed by atoms with E-state index < -0.39 is 6.36 Å². The monoisotopic (exact) mass is 437 g/mol. The zero-order valence-electron chi connectivity index (χ0n) is 15.8. The topological polar surface area (TPSA) is 72.5 Å². The number of rotatable bonds is 8. The lowest BCUT2D eigenvalue weighted by Crippen LogP contribution is -2.23. The number of nitrogens with one attached hydrogen (secondary N) is 2. The van der Waals surface area contributed by atoms with Crippen LogP contribution in [0, 0.1) is 0 Å². The number of hydrogen-bond donors (Lipinski definition) is 2. The summed E-state index contributed by atoms with van der Waals surface area (Å²) in [5.41, 5.74) is 1.67. The molecule has 30 heavy (non-hydrogen) atoms. The van der Waals surface area contributed by atoms with E-state index in [1.807, 2.05) is 31.2 Å². The van der Waals surface area contributed by atoms with Crippen molar-refractivity contribution in [2.24, 2.45) is 0 Å². The smallest absolute Gasteiger partial charge is 0.494 e. The van der Waals surface area contributed by atoms with Crippen molar-refractivity contribution in [1.29, 1.82) is 0 Å². The zero-order valence-corrected chi connectivity index (χ0v) is 16.6. The molecular formula is C20H18F3N3O3S. The molecule has 2 aromatic carbocycles. The second kappa shape index (κ2) is 9.49. The number of carbonyl (C=O) groups is 1. The van der Waals surface area contributed by atoms with Crippen LogP contribution in [0.15, 0.2) is 53.9 Å². The minimum absolute atomic E-state index is 0.143. The molecule has 0 aliphatic heterocycles. The highest BCUT2D eigenvalue weighted by Gasteiger charge is 2.30. The van der Waals surface area contributed by atoms with E-state index in [2.05, 4.69) is 20.4 Å². The molecule has 1 aromatic heterocycles. The summed E-state index contributed by atoms with van der Waals surface area (Å²) in [7, 11) is 0. The van der Waals surface area contributed by atoms with E-state index in [1.54, 1.807) is 5.38 Å². The van der Waals surface area contributed by atoms with Gasteiger partial charge < -0.3 is 20.1 Å². The SMILES string of the molecule is CCOc1ccc(Nc2nc(C(=O)NCc3ccc(OC(F)(F)F)cc3)cs2)cc1. The fourth-order valence-corrected chi connectivity index (χ4v) is 3.15. The molecule has 2 N–H and O–H groups in total. The average Bonchev–Trinajstić information content (AvgIpc) is 3.16. The lowest BCUT2D eigenvalue weighted by atomic mass is 10.2. The van der Waals surface area contributed by atoms with Gasteiger partial charge in [-0.25, -0.2) is 4.98 Å². The van der Waals surface area contributed by atoms with E-state index in [9.17, 15) is 18.0 Å². The first kappa shape index (κ1) is 21.4. The number of anilines is 2. The molecule has 0 aliphatic rings. The molecular weight excluding hydrogens is 419 g/mol. The Morgan fingerprint density at radius 1 is 1.07 bits per heavy atom. The van der Waals surface area contributed by atoms with Gasteiger partial charge in [0.25, 0.3) is 5.91 Å². The Hall–Kier alpha value is -3.27. The fourth-order valence-electron chi connectivity index (χ4n) is 2.44. The lowest BCUT2D eigenvalue weighted by Gasteiger charge is -2.09. The molecule has 10 heteroatoms. The Bertz CT molecular complexity index is 973. The van der Waals surface area contributed by atoms with Crippen molar-refractivity contribution in [1.82, 2.24) is 10.3 Å². The van der Waals surface area contributed by atoms with Crippen LogP contribution in [0.3, 0.4) is 0 Å². The highest BCUT2D eigenvalue weighted by atomic mass is 32.1. The van der Waals surface area contributed by atoms with Crippen molar-refractivity contribution in [2.75, 3.05) is 11.9 Å². The first-order valence-electron chi connectivity index (χ1n) is 8.90. The second-order valence-corrected chi connectivity index (χ2v) is 6.85. The molecule has 0 bridgehead atoms. The molecule has 1 heterocycles. The van der Waals surface area contributed by atoms with E-state index >= 15 is 0 Å². The molecule has 0 atom stereocenters. The van der Waals surface area contributed by atoms with Gasteiger partial charge in [-0.2, -0.15) is 0 Å². The van der Waals surface area contributed by atoms with Crippen molar-refractivity contribution in [3.05, 3.63) is 65.2 Å². The quantitative estimate of drug-likeness (QED) is 0.512. The summed E-state index contributed by atoms with van der Waals surface area (Å²) in [6, 6.07) is 12.6. The maximum atomic E-state index is 12.3. The second-order valence-electron chi connectivity index (χ2n) is 5.99. The molecule has 6 nitrogen and oxygen atoms in total. The Balaban J connectivity index is 1.52. The van der Waals surface area contributed by atoms with Crippen LogP contribution in [-0.4, -0.2) is 23.9 Å². The standard InChI is InChI=1S/C20H18F3N3O3S/c1-2-28-15-9-5-14(6-10-15)25-19-26-17(12-30-19)18(27)24-11-13-3-7-16(8-4-13)29-20(21,22)23/h3-10,12H,2,11H2,1H3,(H,24,27)(H,25,26). The minimum atomic E-state index is -4.74. The maximum Gasteiger partial charge on any atom is 0.573 e. The van der Waals surface area contributed by atoms with Crippen LogP contribution in [-0.2, 0) is 6.54 Å². The van der Waals surface area contributed by atoms with Crippen molar-refractivity contribution < 1.29 is 27.4 Å². The number of aromatic nitrogens is 1. The van der Waals surface area contributed by atoms with Gasteiger partial charge in [-0.1, -0.05) is 12.1 Å². The molecule has 0 aliphatic carbocycles. The first-order chi connectivity index (χ1) is 14.3. The summed E-state index contributed by atoms with van der Waals surface area (Å²) in [6.45, 7) is 2.64. The van der Waals surface area contributed by atoms with Gasteiger partial charge in [0.1, 0.15) is 17.2 Å². The number of alkyl halides is 3. The lowest BCUT2D eigenvalue weighted by molar-refractivity contribution is -0.274. The predicted octanol–water partition coefficient (Wildman–Crippen LogP) is 5.11. The van der Waals surface area contributed by atoms with E-state index in [1.165, 1.54) is 35.6 Å². The summed E-state index contributed by atoms with van der Waals surface area (Å²) < 4.78 is 45.7. The molecule has 158 valence electrons. The van der Waals surface area contributed by atoms with Gasteiger partial charge in [0.05, 0.1) is 6.61 Å². The molecule has 0 radical (unpaired) electrons. The average molecular weight is 437 g/mol. The van der Waals surface area contributed by atoms with Gasteiger partial charge in [0, 0.05) is 17.6 Å². The third kappa shape index (κ3) is 6.38. The van der Waals surface area contributed by atoms with Crippen LogP contribution in [0.2, 0.25) is 0 Å². The Morgan fingerprint density at radius 2 is 1.73 bits per heavy atom. The van der Waals surface area contributed by atoms with Crippen LogP contribution < -0.4 is 20.1 Å². The third-order valence-corrected chi connectivity index (χ3v) is 4.52. The van der Waals surface area contributed by atoms with E-state index in [0.717, 1.165) is 11.4 Å². The summed E-state index contributed by atoms with van der Waals surface area (Å²) in [6.07, 6.45) is -4.74. The Kier molecular flexibility index (Phi) is 6.78. The van der Waals surface area contributed by atoms with Gasteiger partial charge in [-0.15, -0.1) is 24.5 Å². The Labute approximate surface area is 174 Å². The molecule has 3 aromatic rings. The van der Waals surface area contributed by atoms with Crippen molar-refractivity contribution in [3.8, 4) is 11.5 Å². The van der Waals surface area contributed by atoms with Gasteiger partial charge in [0.15, 0.2) is 5.13 Å². The van der Waals surface area contributed by atoms with Crippen molar-refractivity contribution in [3.63, 3.8) is 0 Å². The minimum Gasteiger partial charge on any atom is -0.494 e. The number of thiazole rings is 1. The van der Waals surface area contributed by atoms with Gasteiger partial charge >= 0.3 is 6.36 Å². The molecule has 0 saturated carbocycles. The van der Waals surface area contributed by atoms with Crippen LogP contribution in [0.25, 0.3) is 0 Å². The first-order valence-corrected chi connectivity index (χ1v) is 9.78. The number of benzene rings is 2. The van der Waals surface area contributed by atoms with E-state index in [0.29, 0.717) is 17.3 Å². The van der Waals surface area contributed by atoms with Crippen LogP contribution >= 0.6 is 11.3 Å². The number of amides is 1. The highest BCUT2D eigenvalue weighted by molar-refractivity contribution is 7.14. The molecule has 0 unspecified atom stereocenters. The van der Waals surface area contributed by atoms with Crippen LogP contribution in [0.4, 0.5) is 24.0 Å². The summed E-state index contributed by atoms with van der Waals surface area (Å²) in [5, 5.41) is 7.96. The molecule has 0 saturated heterocycles. The van der Waals surface area contributed by atoms with Crippen LogP contribution in [0.5, 0.6) is 11.5 Å². The third-order valence-electron chi connectivity index (χ3n) is 3.76. The Morgan fingerprint density at radius 3 is 2.37 bits per heavy atom. The van der Waals surface area contributed by atoms with Gasteiger partial charge in [0.2, 0.25) is 0 Å². The summed E-state index contributed by atoms with van der Waals surface area (Å²) >= 11 is 1.28. The van der Waals surface area contributed by atoms with Gasteiger partial charge in [-0.05, 0) is 48.9 Å². The maximum absolute atomic E-state index is 12.3. The number of carbonyl (C=O) groups excluding carboxylic acids is 1. The number of nitrogens with zero attached hydrogens (tertiary/aromatic N) is 1. The highest BCUT2D eigenvalue weighted by Crippen LogP contribution is 2.24. The number of hydrogen-bond acceptors (Lipinski definition) is 6. The van der Waals surface area contributed by atoms with E-state index in [4.69, 9.17) is 4.74 Å². The number of halogens is 3. The van der Waals surface area contributed by atoms with Gasteiger partial charge in [-0.3, -0.25) is 4.79 Å². The van der Waals surface area contributed by atoms with E-state index in [-0.39, 0.29) is 23.9 Å². The fraction of sp³-hybridized carbons (Fsp3) is 0.200. The predicted molar refractivity (Wildman–Crippen MR) is 107 cm³/mol. The molecule has 1 amide bonds. The van der Waals surface area contributed by atoms with Crippen molar-refractivity contribution in [2.45, 2.75) is 19.8 Å². The molecule has 0 spiro atoms. The van der Waals surface area contributed by atoms with Crippen LogP contribution in [0.1, 0.15) is 23.0 Å². The summed E-state index contributed by atoms with van der Waals surface area (Å²) in [4.78, 5) is 16.5. The molecule has 0 fully saturated rings. The number of ether oxygens (including phenoxy) is 2. The zero-order chi connectivity index (χ0) is 21.6. The largest absolute Gasteiger partial charge is 0.573 e. The van der Waals surface area contributed by atoms with Crippen molar-refractivity contribution >= 4 is 28.1 Å².